The highest BCUT2D eigenvalue weighted by Crippen LogP contribution is 2.25. The Balaban J connectivity index is 2.04. The number of aryl methyl sites for hydroxylation is 2. The van der Waals surface area contributed by atoms with Gasteiger partial charge in [0, 0.05) is 4.88 Å². The summed E-state index contributed by atoms with van der Waals surface area (Å²) in [5.41, 5.74) is 1.56. The molecule has 2 aromatic heterocycles. The lowest BCUT2D eigenvalue weighted by Crippen LogP contribution is -2.09. The largest absolute Gasteiger partial charge is 0.306 e. The number of hydrogen-bond donors (Lipinski definition) is 1. The van der Waals surface area contributed by atoms with Crippen molar-refractivity contribution < 1.29 is 4.39 Å². The molecule has 3 rings (SSSR count). The number of nitrogens with zero attached hydrogens (tertiary/aromatic N) is 1. The van der Waals surface area contributed by atoms with E-state index >= 15 is 0 Å². The van der Waals surface area contributed by atoms with E-state index in [4.69, 9.17) is 0 Å². The van der Waals surface area contributed by atoms with Gasteiger partial charge in [-0.05, 0) is 43.2 Å². The minimum atomic E-state index is -0.293. The van der Waals surface area contributed by atoms with Crippen molar-refractivity contribution in [1.29, 1.82) is 0 Å². The molecule has 0 amide bonds. The summed E-state index contributed by atoms with van der Waals surface area (Å²) in [6, 6.07) is 6.24. The lowest BCUT2D eigenvalue weighted by Gasteiger charge is -1.96. The van der Waals surface area contributed by atoms with Crippen LogP contribution in [0.15, 0.2) is 29.1 Å². The standard InChI is InChI=1S/C16H13FN2OS/c1-9-10(2)21-16-14(9)15(20)18-13(19-16)7-6-11-4-3-5-12(17)8-11/h3-8H,1-2H3,(H,18,19,20). The van der Waals surface area contributed by atoms with E-state index in [9.17, 15) is 9.18 Å². The third kappa shape index (κ3) is 2.64. The first-order valence-electron chi connectivity index (χ1n) is 6.48. The Labute approximate surface area is 124 Å². The van der Waals surface area contributed by atoms with Crippen LogP contribution in [0.4, 0.5) is 4.39 Å². The van der Waals surface area contributed by atoms with E-state index in [2.05, 4.69) is 9.97 Å². The van der Waals surface area contributed by atoms with Crippen molar-refractivity contribution in [3.8, 4) is 0 Å². The third-order valence-electron chi connectivity index (χ3n) is 3.34. The molecule has 0 aliphatic heterocycles. The van der Waals surface area contributed by atoms with Crippen LogP contribution in [0.5, 0.6) is 0 Å². The summed E-state index contributed by atoms with van der Waals surface area (Å²) >= 11 is 1.51. The Bertz CT molecular complexity index is 908. The third-order valence-corrected chi connectivity index (χ3v) is 4.44. The van der Waals surface area contributed by atoms with Gasteiger partial charge in [-0.2, -0.15) is 0 Å². The number of hydrogen-bond acceptors (Lipinski definition) is 3. The number of rotatable bonds is 2. The fourth-order valence-corrected chi connectivity index (χ4v) is 3.17. The highest BCUT2D eigenvalue weighted by molar-refractivity contribution is 7.18. The highest BCUT2D eigenvalue weighted by Gasteiger charge is 2.10. The molecule has 0 saturated heterocycles. The Morgan fingerprint density at radius 1 is 1.29 bits per heavy atom. The average molecular weight is 300 g/mol. The number of aromatic amines is 1. The second kappa shape index (κ2) is 5.26. The summed E-state index contributed by atoms with van der Waals surface area (Å²) < 4.78 is 13.1. The van der Waals surface area contributed by atoms with Gasteiger partial charge in [0.05, 0.1) is 5.39 Å². The first-order valence-corrected chi connectivity index (χ1v) is 7.30. The smallest absolute Gasteiger partial charge is 0.260 e. The molecule has 5 heteroatoms. The molecular formula is C16H13FN2OS. The van der Waals surface area contributed by atoms with Gasteiger partial charge in [0.2, 0.25) is 0 Å². The first-order chi connectivity index (χ1) is 10.0. The molecule has 1 N–H and O–H groups in total. The van der Waals surface area contributed by atoms with Crippen LogP contribution in [-0.4, -0.2) is 9.97 Å². The van der Waals surface area contributed by atoms with Crippen molar-refractivity contribution in [3.63, 3.8) is 0 Å². The molecule has 0 aliphatic carbocycles. The van der Waals surface area contributed by atoms with Crippen LogP contribution < -0.4 is 5.56 Å². The van der Waals surface area contributed by atoms with Crippen LogP contribution in [-0.2, 0) is 0 Å². The maximum absolute atomic E-state index is 13.1. The summed E-state index contributed by atoms with van der Waals surface area (Å²) in [5.74, 6) is 0.177. The minimum absolute atomic E-state index is 0.138. The van der Waals surface area contributed by atoms with Crippen molar-refractivity contribution in [2.24, 2.45) is 0 Å². The summed E-state index contributed by atoms with van der Waals surface area (Å²) in [5, 5.41) is 0.653. The first kappa shape index (κ1) is 13.7. The van der Waals surface area contributed by atoms with Gasteiger partial charge >= 0.3 is 0 Å². The molecule has 0 atom stereocenters. The van der Waals surface area contributed by atoms with Gasteiger partial charge in [-0.3, -0.25) is 4.79 Å². The van der Waals surface area contributed by atoms with E-state index in [0.29, 0.717) is 11.2 Å². The maximum atomic E-state index is 13.1. The van der Waals surface area contributed by atoms with E-state index in [0.717, 1.165) is 20.8 Å². The molecular weight excluding hydrogens is 287 g/mol. The topological polar surface area (TPSA) is 45.8 Å². The van der Waals surface area contributed by atoms with E-state index in [-0.39, 0.29) is 11.4 Å². The quantitative estimate of drug-likeness (QED) is 0.780. The summed E-state index contributed by atoms with van der Waals surface area (Å²) in [7, 11) is 0. The van der Waals surface area contributed by atoms with Gasteiger partial charge in [-0.1, -0.05) is 18.2 Å². The molecule has 21 heavy (non-hydrogen) atoms. The highest BCUT2D eigenvalue weighted by atomic mass is 32.1. The zero-order valence-electron chi connectivity index (χ0n) is 11.6. The van der Waals surface area contributed by atoms with E-state index in [1.807, 2.05) is 13.8 Å². The lowest BCUT2D eigenvalue weighted by atomic mass is 10.2. The van der Waals surface area contributed by atoms with Gasteiger partial charge in [0.1, 0.15) is 16.5 Å². The predicted octanol–water partition coefficient (Wildman–Crippen LogP) is 3.91. The SMILES string of the molecule is Cc1sc2nc(C=Cc3cccc(F)c3)[nH]c(=O)c2c1C. The molecule has 3 nitrogen and oxygen atoms in total. The monoisotopic (exact) mass is 300 g/mol. The maximum Gasteiger partial charge on any atom is 0.260 e. The Morgan fingerprint density at radius 3 is 2.86 bits per heavy atom. The van der Waals surface area contributed by atoms with Crippen LogP contribution in [0, 0.1) is 19.7 Å². The molecule has 0 bridgehead atoms. The molecule has 0 spiro atoms. The summed E-state index contributed by atoms with van der Waals surface area (Å²) in [6.45, 7) is 3.90. The predicted molar refractivity (Wildman–Crippen MR) is 85.0 cm³/mol. The van der Waals surface area contributed by atoms with Crippen LogP contribution in [0.25, 0.3) is 22.4 Å². The zero-order chi connectivity index (χ0) is 15.0. The Morgan fingerprint density at radius 2 is 2.10 bits per heavy atom. The molecule has 0 radical (unpaired) electrons. The van der Waals surface area contributed by atoms with Crippen LogP contribution in [0.3, 0.4) is 0 Å². The Kier molecular flexibility index (Phi) is 3.43. The molecule has 0 aliphatic rings. The van der Waals surface area contributed by atoms with Crippen molar-refractivity contribution >= 4 is 33.7 Å². The van der Waals surface area contributed by atoms with Crippen molar-refractivity contribution in [3.05, 3.63) is 62.3 Å². The second-order valence-electron chi connectivity index (χ2n) is 4.80. The van der Waals surface area contributed by atoms with Crippen LogP contribution >= 0.6 is 11.3 Å². The molecule has 0 fully saturated rings. The lowest BCUT2D eigenvalue weighted by molar-refractivity contribution is 0.627. The molecule has 2 heterocycles. The summed E-state index contributed by atoms with van der Waals surface area (Å²) in [6.07, 6.45) is 3.40. The number of H-pyrrole nitrogens is 1. The van der Waals surface area contributed by atoms with E-state index in [1.165, 1.54) is 23.5 Å². The van der Waals surface area contributed by atoms with Crippen LogP contribution in [0.1, 0.15) is 21.8 Å². The second-order valence-corrected chi connectivity index (χ2v) is 6.01. The van der Waals surface area contributed by atoms with Gasteiger partial charge in [-0.25, -0.2) is 9.37 Å². The number of thiophene rings is 1. The number of halogens is 1. The molecule has 106 valence electrons. The van der Waals surface area contributed by atoms with Crippen LogP contribution in [0.2, 0.25) is 0 Å². The van der Waals surface area contributed by atoms with Gasteiger partial charge in [-0.15, -0.1) is 11.3 Å². The van der Waals surface area contributed by atoms with E-state index < -0.39 is 0 Å². The fraction of sp³-hybridized carbons (Fsp3) is 0.125. The van der Waals surface area contributed by atoms with Crippen molar-refractivity contribution in [2.45, 2.75) is 13.8 Å². The number of nitrogens with one attached hydrogen (secondary N) is 1. The molecule has 0 saturated carbocycles. The summed E-state index contributed by atoms with van der Waals surface area (Å²) in [4.78, 5) is 21.1. The van der Waals surface area contributed by atoms with Gasteiger partial charge < -0.3 is 4.98 Å². The van der Waals surface area contributed by atoms with Crippen molar-refractivity contribution in [1.82, 2.24) is 9.97 Å². The number of benzene rings is 1. The zero-order valence-corrected chi connectivity index (χ0v) is 12.4. The molecule has 0 unspecified atom stereocenters. The number of aromatic nitrogens is 2. The van der Waals surface area contributed by atoms with Gasteiger partial charge in [0.25, 0.3) is 5.56 Å². The number of fused-ring (bicyclic) bond motifs is 1. The average Bonchev–Trinajstić information content (AvgIpc) is 2.72. The Hall–Kier alpha value is -2.27. The minimum Gasteiger partial charge on any atom is -0.306 e. The fourth-order valence-electron chi connectivity index (χ4n) is 2.14. The molecule has 3 aromatic rings. The molecule has 1 aromatic carbocycles. The van der Waals surface area contributed by atoms with Crippen molar-refractivity contribution in [2.75, 3.05) is 0 Å². The van der Waals surface area contributed by atoms with E-state index in [1.54, 1.807) is 24.3 Å². The normalized spacial score (nSPS) is 11.6. The van der Waals surface area contributed by atoms with Gasteiger partial charge in [0.15, 0.2) is 0 Å².